The minimum absolute atomic E-state index is 0.0289. The molecule has 0 aromatic carbocycles. The highest BCUT2D eigenvalue weighted by Crippen LogP contribution is 2.14. The minimum Gasteiger partial charge on any atom is -0.295 e. The number of aliphatic imine (C=N–C) groups is 1. The summed E-state index contributed by atoms with van der Waals surface area (Å²) in [5.41, 5.74) is 0. The van der Waals surface area contributed by atoms with Crippen LogP contribution in [0.3, 0.4) is 0 Å². The van der Waals surface area contributed by atoms with Gasteiger partial charge in [-0.2, -0.15) is 4.99 Å². The molecule has 0 radical (unpaired) electrons. The van der Waals surface area contributed by atoms with Gasteiger partial charge in [0.25, 0.3) is 0 Å². The Hall–Kier alpha value is -0.660. The maximum atomic E-state index is 9.85. The molecule has 1 saturated heterocycles. The van der Waals surface area contributed by atoms with Gasteiger partial charge < -0.3 is 0 Å². The molecule has 0 amide bonds. The van der Waals surface area contributed by atoms with E-state index in [-0.39, 0.29) is 6.17 Å². The number of nitrogens with zero attached hydrogens (tertiary/aromatic N) is 1. The standard InChI is InChI=1S/C7H12N2O/c1-6-2-3-8-7(4-6)9-5-10/h6-8H,2-4H2,1H3. The first-order chi connectivity index (χ1) is 4.83. The van der Waals surface area contributed by atoms with Crippen molar-refractivity contribution in [1.82, 2.24) is 5.32 Å². The second-order valence-corrected chi connectivity index (χ2v) is 2.82. The van der Waals surface area contributed by atoms with Crippen LogP contribution in [-0.2, 0) is 4.79 Å². The van der Waals surface area contributed by atoms with E-state index >= 15 is 0 Å². The smallest absolute Gasteiger partial charge is 0.236 e. The van der Waals surface area contributed by atoms with Crippen molar-refractivity contribution >= 4 is 6.08 Å². The molecule has 0 spiro atoms. The zero-order valence-corrected chi connectivity index (χ0v) is 6.13. The van der Waals surface area contributed by atoms with Crippen LogP contribution in [0.2, 0.25) is 0 Å². The van der Waals surface area contributed by atoms with Gasteiger partial charge in [-0.1, -0.05) is 6.92 Å². The Kier molecular flexibility index (Phi) is 2.60. The summed E-state index contributed by atoms with van der Waals surface area (Å²) < 4.78 is 0. The summed E-state index contributed by atoms with van der Waals surface area (Å²) in [5.74, 6) is 0.684. The number of isocyanates is 1. The third-order valence-electron chi connectivity index (χ3n) is 1.85. The van der Waals surface area contributed by atoms with Gasteiger partial charge in [-0.05, 0) is 25.3 Å². The topological polar surface area (TPSA) is 41.5 Å². The first-order valence-electron chi connectivity index (χ1n) is 3.63. The molecule has 3 heteroatoms. The van der Waals surface area contributed by atoms with Gasteiger partial charge in [0.2, 0.25) is 6.08 Å². The molecular weight excluding hydrogens is 128 g/mol. The van der Waals surface area contributed by atoms with E-state index in [4.69, 9.17) is 0 Å². The van der Waals surface area contributed by atoms with Gasteiger partial charge in [-0.25, -0.2) is 4.79 Å². The average Bonchev–Trinajstić information content (AvgIpc) is 1.88. The van der Waals surface area contributed by atoms with Crippen LogP contribution >= 0.6 is 0 Å². The Morgan fingerprint density at radius 3 is 3.10 bits per heavy atom. The second-order valence-electron chi connectivity index (χ2n) is 2.82. The van der Waals surface area contributed by atoms with E-state index in [1.807, 2.05) is 0 Å². The summed E-state index contributed by atoms with van der Waals surface area (Å²) in [6, 6.07) is 0. The molecular formula is C7H12N2O. The van der Waals surface area contributed by atoms with Crippen LogP contribution in [0.15, 0.2) is 4.99 Å². The quantitative estimate of drug-likeness (QED) is 0.429. The van der Waals surface area contributed by atoms with Crippen LogP contribution in [0.25, 0.3) is 0 Å². The molecule has 1 aliphatic heterocycles. The predicted octanol–water partition coefficient (Wildman–Crippen LogP) is 0.668. The maximum absolute atomic E-state index is 9.85. The van der Waals surface area contributed by atoms with Gasteiger partial charge in [0.15, 0.2) is 0 Å². The monoisotopic (exact) mass is 140 g/mol. The lowest BCUT2D eigenvalue weighted by atomic mass is 9.99. The number of piperidine rings is 1. The van der Waals surface area contributed by atoms with Crippen molar-refractivity contribution in [3.05, 3.63) is 0 Å². The van der Waals surface area contributed by atoms with Crippen LogP contribution in [0.1, 0.15) is 19.8 Å². The second kappa shape index (κ2) is 3.49. The van der Waals surface area contributed by atoms with E-state index in [0.29, 0.717) is 5.92 Å². The van der Waals surface area contributed by atoms with Crippen LogP contribution in [-0.4, -0.2) is 18.8 Å². The molecule has 0 aromatic rings. The average molecular weight is 140 g/mol. The molecule has 56 valence electrons. The van der Waals surface area contributed by atoms with Crippen molar-refractivity contribution in [3.8, 4) is 0 Å². The van der Waals surface area contributed by atoms with Gasteiger partial charge in [0.1, 0.15) is 6.17 Å². The lowest BCUT2D eigenvalue weighted by Crippen LogP contribution is -2.35. The van der Waals surface area contributed by atoms with Gasteiger partial charge in [0, 0.05) is 0 Å². The fraction of sp³-hybridized carbons (Fsp3) is 0.857. The summed E-state index contributed by atoms with van der Waals surface area (Å²) in [6.07, 6.45) is 3.75. The molecule has 1 aliphatic rings. The Labute approximate surface area is 60.5 Å². The molecule has 1 N–H and O–H groups in total. The maximum Gasteiger partial charge on any atom is 0.236 e. The fourth-order valence-corrected chi connectivity index (χ4v) is 1.24. The molecule has 3 nitrogen and oxygen atoms in total. The summed E-state index contributed by atoms with van der Waals surface area (Å²) >= 11 is 0. The van der Waals surface area contributed by atoms with E-state index in [2.05, 4.69) is 17.2 Å². The van der Waals surface area contributed by atoms with E-state index in [1.165, 1.54) is 6.42 Å². The summed E-state index contributed by atoms with van der Waals surface area (Å²) in [4.78, 5) is 13.5. The minimum atomic E-state index is 0.0289. The van der Waals surface area contributed by atoms with E-state index in [1.54, 1.807) is 6.08 Å². The van der Waals surface area contributed by atoms with Crippen molar-refractivity contribution in [3.63, 3.8) is 0 Å². The lowest BCUT2D eigenvalue weighted by Gasteiger charge is -2.23. The van der Waals surface area contributed by atoms with Gasteiger partial charge in [0.05, 0.1) is 0 Å². The highest BCUT2D eigenvalue weighted by atomic mass is 16.1. The van der Waals surface area contributed by atoms with Gasteiger partial charge >= 0.3 is 0 Å². The summed E-state index contributed by atoms with van der Waals surface area (Å²) in [7, 11) is 0. The first-order valence-corrected chi connectivity index (χ1v) is 3.63. The normalized spacial score (nSPS) is 32.9. The molecule has 1 fully saturated rings. The molecule has 0 aliphatic carbocycles. The van der Waals surface area contributed by atoms with Crippen molar-refractivity contribution in [1.29, 1.82) is 0 Å². The molecule has 0 saturated carbocycles. The number of hydrogen-bond donors (Lipinski definition) is 1. The van der Waals surface area contributed by atoms with E-state index < -0.39 is 0 Å². The highest BCUT2D eigenvalue weighted by molar-refractivity contribution is 5.33. The summed E-state index contributed by atoms with van der Waals surface area (Å²) in [5, 5.41) is 3.12. The van der Waals surface area contributed by atoms with E-state index in [0.717, 1.165) is 13.0 Å². The number of rotatable bonds is 1. The van der Waals surface area contributed by atoms with E-state index in [9.17, 15) is 4.79 Å². The van der Waals surface area contributed by atoms with Crippen molar-refractivity contribution in [2.75, 3.05) is 6.54 Å². The third kappa shape index (κ3) is 1.94. The molecule has 10 heavy (non-hydrogen) atoms. The fourth-order valence-electron chi connectivity index (χ4n) is 1.24. The van der Waals surface area contributed by atoms with Crippen LogP contribution in [0, 0.1) is 5.92 Å². The largest absolute Gasteiger partial charge is 0.295 e. The first kappa shape index (κ1) is 7.45. The molecule has 2 atom stereocenters. The molecule has 1 heterocycles. The zero-order valence-electron chi connectivity index (χ0n) is 6.13. The Balaban J connectivity index is 2.39. The van der Waals surface area contributed by atoms with Crippen LogP contribution in [0.5, 0.6) is 0 Å². The third-order valence-corrected chi connectivity index (χ3v) is 1.85. The zero-order chi connectivity index (χ0) is 7.40. The van der Waals surface area contributed by atoms with Crippen molar-refractivity contribution in [2.24, 2.45) is 10.9 Å². The number of nitrogens with one attached hydrogen (secondary N) is 1. The Bertz CT molecular complexity index is 152. The SMILES string of the molecule is CC1CCNC(N=C=O)C1. The Morgan fingerprint density at radius 2 is 2.50 bits per heavy atom. The predicted molar refractivity (Wildman–Crippen MR) is 38.3 cm³/mol. The Morgan fingerprint density at radius 1 is 1.70 bits per heavy atom. The van der Waals surface area contributed by atoms with Gasteiger partial charge in [-0.15, -0.1) is 0 Å². The van der Waals surface area contributed by atoms with Crippen LogP contribution < -0.4 is 5.32 Å². The lowest BCUT2D eigenvalue weighted by molar-refractivity contribution is 0.326. The number of carbonyl (C=O) groups excluding carboxylic acids is 1. The molecule has 1 rings (SSSR count). The van der Waals surface area contributed by atoms with Gasteiger partial charge in [-0.3, -0.25) is 5.32 Å². The molecule has 0 bridgehead atoms. The number of hydrogen-bond acceptors (Lipinski definition) is 3. The van der Waals surface area contributed by atoms with Crippen molar-refractivity contribution in [2.45, 2.75) is 25.9 Å². The molecule has 2 unspecified atom stereocenters. The summed E-state index contributed by atoms with van der Waals surface area (Å²) in [6.45, 7) is 3.14. The van der Waals surface area contributed by atoms with Crippen LogP contribution in [0.4, 0.5) is 0 Å². The molecule has 0 aromatic heterocycles. The highest BCUT2D eigenvalue weighted by Gasteiger charge is 2.16. The van der Waals surface area contributed by atoms with Crippen molar-refractivity contribution < 1.29 is 4.79 Å².